The number of rotatable bonds is 11. The molecule has 7 N–H and O–H groups in total. The smallest absolute Gasteiger partial charge is 0.433 e. The first kappa shape index (κ1) is 30.2. The van der Waals surface area contributed by atoms with E-state index in [0.29, 0.717) is 28.4 Å². The lowest BCUT2D eigenvalue weighted by Gasteiger charge is -2.17. The molecule has 0 saturated heterocycles. The molecule has 11 nitrogen and oxygen atoms in total. The maximum atomic E-state index is 13.4. The number of amidine groups is 1. The van der Waals surface area contributed by atoms with E-state index in [4.69, 9.17) is 16.6 Å². The second-order valence-corrected chi connectivity index (χ2v) is 11.0. The molecule has 0 unspecified atom stereocenters. The molecular weight excluding hydrogens is 530 g/mol. The number of amides is 2. The highest BCUT2D eigenvalue weighted by molar-refractivity contribution is 7.99. The van der Waals surface area contributed by atoms with Crippen LogP contribution in [0.25, 0.3) is 11.3 Å². The number of nitrogens with zero attached hydrogens (tertiary/aromatic N) is 3. The lowest BCUT2D eigenvalue weighted by Crippen LogP contribution is -2.35. The molecule has 0 saturated carbocycles. The summed E-state index contributed by atoms with van der Waals surface area (Å²) in [5.41, 5.74) is 14.4. The molecule has 0 fully saturated rings. The van der Waals surface area contributed by atoms with Crippen molar-refractivity contribution in [1.29, 1.82) is 0 Å². The summed E-state index contributed by atoms with van der Waals surface area (Å²) in [6.45, 7) is 8.03. The third kappa shape index (κ3) is 8.60. The van der Waals surface area contributed by atoms with Gasteiger partial charge in [0.1, 0.15) is 12.4 Å². The topological polar surface area (TPSA) is 178 Å². The molecular formula is C28H35N7O4S. The van der Waals surface area contributed by atoms with Crippen molar-refractivity contribution >= 4 is 41.1 Å². The van der Waals surface area contributed by atoms with E-state index in [1.54, 1.807) is 48.3 Å². The lowest BCUT2D eigenvalue weighted by molar-refractivity contribution is -0.121. The number of aliphatic imine (C=N–C) groups is 1. The highest BCUT2D eigenvalue weighted by Crippen LogP contribution is 2.29. The van der Waals surface area contributed by atoms with Gasteiger partial charge in [-0.25, -0.2) is 9.78 Å². The van der Waals surface area contributed by atoms with E-state index in [9.17, 15) is 14.4 Å². The Bertz CT molecular complexity index is 1450. The average molecular weight is 566 g/mol. The summed E-state index contributed by atoms with van der Waals surface area (Å²) >= 11 is 1.67. The number of carboxylic acid groups (broad SMARTS) is 1. The molecule has 0 atom stereocenters. The quantitative estimate of drug-likeness (QED) is 0.100. The molecule has 1 heterocycles. The van der Waals surface area contributed by atoms with Gasteiger partial charge in [-0.3, -0.25) is 14.2 Å². The van der Waals surface area contributed by atoms with Crippen LogP contribution in [0.2, 0.25) is 0 Å². The number of hydrogen-bond acceptors (Lipinski definition) is 7. The number of carbonyl (C=O) groups excluding carboxylic acids is 1. The zero-order valence-electron chi connectivity index (χ0n) is 23.0. The van der Waals surface area contributed by atoms with Crippen molar-refractivity contribution in [2.45, 2.75) is 51.7 Å². The van der Waals surface area contributed by atoms with Crippen molar-refractivity contribution < 1.29 is 14.7 Å². The van der Waals surface area contributed by atoms with Gasteiger partial charge in [0.25, 0.3) is 5.56 Å². The SMILES string of the molecule is CC(C)CSc1cc(N)cc(-c2cnc(NC(C)C)c(=O)n2CC(=O)NCc2ccc(/C(N)=N/C(=O)O)cc2)c1. The number of hydrogen-bond donors (Lipinski definition) is 5. The molecule has 1 aromatic heterocycles. The van der Waals surface area contributed by atoms with Crippen molar-refractivity contribution in [3.8, 4) is 11.3 Å². The van der Waals surface area contributed by atoms with E-state index in [-0.39, 0.29) is 36.7 Å². The van der Waals surface area contributed by atoms with Gasteiger partial charge in [-0.1, -0.05) is 38.1 Å². The van der Waals surface area contributed by atoms with Crippen molar-refractivity contribution in [3.63, 3.8) is 0 Å². The Balaban J connectivity index is 1.86. The van der Waals surface area contributed by atoms with Crippen molar-refractivity contribution in [3.05, 3.63) is 70.1 Å². The highest BCUT2D eigenvalue weighted by atomic mass is 32.2. The van der Waals surface area contributed by atoms with Gasteiger partial charge < -0.3 is 27.2 Å². The second kappa shape index (κ2) is 13.7. The molecule has 40 heavy (non-hydrogen) atoms. The average Bonchev–Trinajstić information content (AvgIpc) is 2.88. The summed E-state index contributed by atoms with van der Waals surface area (Å²) in [4.78, 5) is 45.8. The van der Waals surface area contributed by atoms with Crippen molar-refractivity contribution in [2.75, 3.05) is 16.8 Å². The number of aromatic nitrogens is 2. The van der Waals surface area contributed by atoms with E-state index in [2.05, 4.69) is 34.5 Å². The summed E-state index contributed by atoms with van der Waals surface area (Å²) < 4.78 is 1.39. The van der Waals surface area contributed by atoms with Crippen LogP contribution in [-0.4, -0.2) is 44.3 Å². The molecule has 12 heteroatoms. The van der Waals surface area contributed by atoms with E-state index < -0.39 is 11.7 Å². The minimum atomic E-state index is -1.38. The zero-order valence-corrected chi connectivity index (χ0v) is 23.8. The third-order valence-electron chi connectivity index (χ3n) is 5.55. The molecule has 0 aliphatic rings. The van der Waals surface area contributed by atoms with Gasteiger partial charge in [-0.2, -0.15) is 4.99 Å². The van der Waals surface area contributed by atoms with Crippen LogP contribution in [0.5, 0.6) is 0 Å². The largest absolute Gasteiger partial charge is 0.463 e. The minimum Gasteiger partial charge on any atom is -0.463 e. The summed E-state index contributed by atoms with van der Waals surface area (Å²) in [6, 6.07) is 12.2. The fraction of sp³-hybridized carbons (Fsp3) is 0.321. The van der Waals surface area contributed by atoms with Gasteiger partial charge in [0, 0.05) is 40.0 Å². The molecule has 3 rings (SSSR count). The Hall–Kier alpha value is -4.32. The third-order valence-corrected chi connectivity index (χ3v) is 6.95. The summed E-state index contributed by atoms with van der Waals surface area (Å²) in [6.07, 6.45) is 0.197. The molecule has 0 radical (unpaired) electrons. The van der Waals surface area contributed by atoms with Gasteiger partial charge >= 0.3 is 6.09 Å². The summed E-state index contributed by atoms with van der Waals surface area (Å²) in [5.74, 6) is 1.06. The standard InChI is InChI=1S/C28H35N7O4S/c1-16(2)15-40-22-10-20(9-21(29)11-22)23-13-32-26(33-17(3)4)27(37)35(23)14-24(36)31-12-18-5-7-19(8-6-18)25(30)34-28(38)39/h5-11,13,16-17H,12,14-15,29H2,1-4H3,(H2,30,34)(H,31,36)(H,32,33)(H,38,39). The molecule has 3 aromatic rings. The van der Waals surface area contributed by atoms with Crippen LogP contribution in [0.1, 0.15) is 38.8 Å². The second-order valence-electron chi connectivity index (χ2n) is 9.93. The van der Waals surface area contributed by atoms with Gasteiger partial charge in [-0.05, 0) is 43.5 Å². The predicted molar refractivity (Wildman–Crippen MR) is 160 cm³/mol. The molecule has 0 spiro atoms. The fourth-order valence-corrected chi connectivity index (χ4v) is 4.68. The van der Waals surface area contributed by atoms with Crippen LogP contribution in [0, 0.1) is 5.92 Å². The normalized spacial score (nSPS) is 11.6. The zero-order chi connectivity index (χ0) is 29.4. The van der Waals surface area contributed by atoms with Gasteiger partial charge in [0.05, 0.1) is 11.9 Å². The number of nitrogens with one attached hydrogen (secondary N) is 2. The number of nitrogen functional groups attached to an aromatic ring is 1. The number of nitrogens with two attached hydrogens (primary N) is 2. The van der Waals surface area contributed by atoms with E-state index in [1.165, 1.54) is 4.57 Å². The monoisotopic (exact) mass is 565 g/mol. The first-order valence-electron chi connectivity index (χ1n) is 12.8. The first-order valence-corrected chi connectivity index (χ1v) is 13.7. The molecule has 2 amide bonds. The van der Waals surface area contributed by atoms with E-state index in [0.717, 1.165) is 16.2 Å². The molecule has 2 aromatic carbocycles. The maximum absolute atomic E-state index is 13.4. The fourth-order valence-electron chi connectivity index (χ4n) is 3.72. The highest BCUT2D eigenvalue weighted by Gasteiger charge is 2.17. The Kier molecular flexibility index (Phi) is 10.3. The Morgan fingerprint density at radius 2 is 1.82 bits per heavy atom. The first-order chi connectivity index (χ1) is 18.9. The maximum Gasteiger partial charge on any atom is 0.433 e. The number of carbonyl (C=O) groups is 2. The molecule has 0 aliphatic carbocycles. The van der Waals surface area contributed by atoms with Gasteiger partial charge in [0.15, 0.2) is 5.82 Å². The van der Waals surface area contributed by atoms with E-state index >= 15 is 0 Å². The molecule has 212 valence electrons. The van der Waals surface area contributed by atoms with Crippen LogP contribution in [0.15, 0.2) is 63.3 Å². The lowest BCUT2D eigenvalue weighted by atomic mass is 10.1. The number of thioether (sulfide) groups is 1. The van der Waals surface area contributed by atoms with Crippen LogP contribution < -0.4 is 27.7 Å². The molecule has 0 bridgehead atoms. The number of anilines is 2. The van der Waals surface area contributed by atoms with Crippen molar-refractivity contribution in [2.24, 2.45) is 16.6 Å². The molecule has 0 aliphatic heterocycles. The minimum absolute atomic E-state index is 0.0303. The van der Waals surface area contributed by atoms with Gasteiger partial charge in [-0.15, -0.1) is 11.8 Å². The summed E-state index contributed by atoms with van der Waals surface area (Å²) in [5, 5.41) is 14.6. The Morgan fingerprint density at radius 3 is 2.45 bits per heavy atom. The van der Waals surface area contributed by atoms with Crippen LogP contribution in [0.3, 0.4) is 0 Å². The number of benzene rings is 2. The summed E-state index contributed by atoms with van der Waals surface area (Å²) in [7, 11) is 0. The predicted octanol–water partition coefficient (Wildman–Crippen LogP) is 3.76. The van der Waals surface area contributed by atoms with Crippen LogP contribution >= 0.6 is 11.8 Å². The van der Waals surface area contributed by atoms with Crippen LogP contribution in [-0.2, 0) is 17.9 Å². The Labute approximate surface area is 237 Å². The van der Waals surface area contributed by atoms with Crippen molar-refractivity contribution in [1.82, 2.24) is 14.9 Å². The van der Waals surface area contributed by atoms with E-state index in [1.807, 2.05) is 26.0 Å². The van der Waals surface area contributed by atoms with Gasteiger partial charge in [0.2, 0.25) is 5.91 Å². The Morgan fingerprint density at radius 1 is 1.12 bits per heavy atom. The van der Waals surface area contributed by atoms with Crippen LogP contribution in [0.4, 0.5) is 16.3 Å².